The smallest absolute Gasteiger partial charge is 0.335 e. The van der Waals surface area contributed by atoms with Crippen molar-refractivity contribution in [3.05, 3.63) is 107 Å². The minimum absolute atomic E-state index is 0.00797. The van der Waals surface area contributed by atoms with Gasteiger partial charge in [-0.2, -0.15) is 0 Å². The van der Waals surface area contributed by atoms with E-state index < -0.39 is 11.9 Å². The number of rotatable bonds is 9. The van der Waals surface area contributed by atoms with Crippen LogP contribution >= 0.6 is 0 Å². The monoisotopic (exact) mass is 498 g/mol. The van der Waals surface area contributed by atoms with Crippen LogP contribution in [0.2, 0.25) is 0 Å². The summed E-state index contributed by atoms with van der Waals surface area (Å²) in [5, 5.41) is 9.18. The van der Waals surface area contributed by atoms with Gasteiger partial charge in [-0.15, -0.1) is 0 Å². The van der Waals surface area contributed by atoms with Gasteiger partial charge in [0.15, 0.2) is 0 Å². The number of fused-ring (bicyclic) bond motifs is 1. The van der Waals surface area contributed by atoms with E-state index in [2.05, 4.69) is 29.2 Å². The molecule has 2 amide bonds. The molecule has 1 N–H and O–H groups in total. The van der Waals surface area contributed by atoms with Crippen molar-refractivity contribution in [2.45, 2.75) is 31.5 Å². The van der Waals surface area contributed by atoms with Gasteiger partial charge in [0.05, 0.1) is 22.8 Å². The average molecular weight is 499 g/mol. The molecule has 1 saturated heterocycles. The quantitative estimate of drug-likeness (QED) is 0.433. The maximum absolute atomic E-state index is 12.7. The van der Waals surface area contributed by atoms with E-state index in [1.807, 2.05) is 36.4 Å². The number of likely N-dealkylation sites (tertiary alicyclic amines) is 1. The zero-order valence-corrected chi connectivity index (χ0v) is 20.6. The van der Waals surface area contributed by atoms with Gasteiger partial charge in [-0.05, 0) is 55.1 Å². The van der Waals surface area contributed by atoms with Gasteiger partial charge in [-0.3, -0.25) is 14.5 Å². The van der Waals surface area contributed by atoms with E-state index in [1.165, 1.54) is 23.1 Å². The zero-order valence-electron chi connectivity index (χ0n) is 20.6. The molecule has 0 saturated carbocycles. The van der Waals surface area contributed by atoms with E-state index in [-0.39, 0.29) is 34.8 Å². The summed E-state index contributed by atoms with van der Waals surface area (Å²) in [7, 11) is 0. The topological polar surface area (TPSA) is 87.2 Å². The summed E-state index contributed by atoms with van der Waals surface area (Å²) in [5.74, 6) is -1.88. The Bertz CT molecular complexity index is 1230. The van der Waals surface area contributed by atoms with E-state index >= 15 is 0 Å². The van der Waals surface area contributed by atoms with E-state index in [0.29, 0.717) is 13.0 Å². The first-order valence-corrected chi connectivity index (χ1v) is 12.7. The number of carboxylic acid groups (broad SMARTS) is 1. The molecule has 0 bridgehead atoms. The molecule has 37 heavy (non-hydrogen) atoms. The largest absolute Gasteiger partial charge is 0.478 e. The molecule has 0 radical (unpaired) electrons. The van der Waals surface area contributed by atoms with E-state index in [1.54, 1.807) is 0 Å². The molecule has 7 nitrogen and oxygen atoms in total. The van der Waals surface area contributed by atoms with Gasteiger partial charge in [0, 0.05) is 19.6 Å². The molecule has 190 valence electrons. The SMILES string of the molecule is O=C(O)c1ccc2c(c1)C(=O)N(CCCN1CCC(OC(c3ccccc3)c3ccccc3)CC1)C2=O. The van der Waals surface area contributed by atoms with Crippen molar-refractivity contribution in [3.63, 3.8) is 0 Å². The van der Waals surface area contributed by atoms with Gasteiger partial charge < -0.3 is 14.7 Å². The van der Waals surface area contributed by atoms with Crippen LogP contribution < -0.4 is 0 Å². The summed E-state index contributed by atoms with van der Waals surface area (Å²) in [5.41, 5.74) is 2.75. The lowest BCUT2D eigenvalue weighted by atomic mass is 10.00. The van der Waals surface area contributed by atoms with Crippen LogP contribution in [0.25, 0.3) is 0 Å². The second-order valence-electron chi connectivity index (χ2n) is 9.56. The Hall–Kier alpha value is -3.81. The van der Waals surface area contributed by atoms with Gasteiger partial charge in [0.1, 0.15) is 6.10 Å². The van der Waals surface area contributed by atoms with Crippen molar-refractivity contribution in [1.29, 1.82) is 0 Å². The third-order valence-corrected chi connectivity index (χ3v) is 7.14. The fraction of sp³-hybridized carbons (Fsp3) is 0.300. The van der Waals surface area contributed by atoms with Crippen molar-refractivity contribution >= 4 is 17.8 Å². The molecule has 3 aromatic rings. The Morgan fingerprint density at radius 3 is 2.03 bits per heavy atom. The van der Waals surface area contributed by atoms with Crippen LogP contribution in [-0.2, 0) is 4.74 Å². The summed E-state index contributed by atoms with van der Waals surface area (Å²) in [6, 6.07) is 24.7. The zero-order chi connectivity index (χ0) is 25.8. The van der Waals surface area contributed by atoms with Crippen LogP contribution in [0.1, 0.15) is 67.6 Å². The lowest BCUT2D eigenvalue weighted by molar-refractivity contribution is -0.0271. The Balaban J connectivity index is 1.12. The second kappa shape index (κ2) is 11.1. The number of aromatic carboxylic acids is 1. The fourth-order valence-corrected chi connectivity index (χ4v) is 5.15. The molecule has 0 aromatic heterocycles. The van der Waals surface area contributed by atoms with Crippen molar-refractivity contribution < 1.29 is 24.2 Å². The van der Waals surface area contributed by atoms with Crippen molar-refractivity contribution in [3.8, 4) is 0 Å². The van der Waals surface area contributed by atoms with Crippen LogP contribution in [0.5, 0.6) is 0 Å². The summed E-state index contributed by atoms with van der Waals surface area (Å²) < 4.78 is 6.62. The number of hydrogen-bond donors (Lipinski definition) is 1. The van der Waals surface area contributed by atoms with Crippen molar-refractivity contribution in [1.82, 2.24) is 9.80 Å². The molecule has 1 fully saturated rings. The van der Waals surface area contributed by atoms with Gasteiger partial charge >= 0.3 is 5.97 Å². The fourth-order valence-electron chi connectivity index (χ4n) is 5.15. The van der Waals surface area contributed by atoms with Gasteiger partial charge in [-0.25, -0.2) is 4.79 Å². The first-order valence-electron chi connectivity index (χ1n) is 12.7. The lowest BCUT2D eigenvalue weighted by Crippen LogP contribution is -2.39. The second-order valence-corrected chi connectivity index (χ2v) is 9.56. The summed E-state index contributed by atoms with van der Waals surface area (Å²) in [6.45, 7) is 2.88. The highest BCUT2D eigenvalue weighted by Crippen LogP contribution is 2.30. The van der Waals surface area contributed by atoms with Crippen molar-refractivity contribution in [2.75, 3.05) is 26.2 Å². The number of benzene rings is 3. The number of piperidine rings is 1. The molecule has 2 aliphatic heterocycles. The maximum atomic E-state index is 12.7. The van der Waals surface area contributed by atoms with Crippen LogP contribution in [-0.4, -0.2) is 65.0 Å². The van der Waals surface area contributed by atoms with Crippen LogP contribution in [0.3, 0.4) is 0 Å². The lowest BCUT2D eigenvalue weighted by Gasteiger charge is -2.34. The van der Waals surface area contributed by atoms with Crippen LogP contribution in [0.15, 0.2) is 78.9 Å². The van der Waals surface area contributed by atoms with E-state index in [9.17, 15) is 19.5 Å². The summed E-state index contributed by atoms with van der Waals surface area (Å²) in [4.78, 5) is 40.2. The number of ether oxygens (including phenoxy) is 1. The highest BCUT2D eigenvalue weighted by Gasteiger charge is 2.35. The molecule has 5 rings (SSSR count). The predicted molar refractivity (Wildman–Crippen MR) is 139 cm³/mol. The van der Waals surface area contributed by atoms with Crippen LogP contribution in [0, 0.1) is 0 Å². The molecular formula is C30H30N2O5. The predicted octanol–water partition coefficient (Wildman–Crippen LogP) is 4.64. The maximum Gasteiger partial charge on any atom is 0.335 e. The van der Waals surface area contributed by atoms with Crippen LogP contribution in [0.4, 0.5) is 0 Å². The number of nitrogens with zero attached hydrogens (tertiary/aromatic N) is 2. The van der Waals surface area contributed by atoms with Gasteiger partial charge in [-0.1, -0.05) is 60.7 Å². The Morgan fingerprint density at radius 2 is 1.43 bits per heavy atom. The molecule has 0 atom stereocenters. The highest BCUT2D eigenvalue weighted by atomic mass is 16.5. The molecule has 2 heterocycles. The number of amides is 2. The third-order valence-electron chi connectivity index (χ3n) is 7.14. The van der Waals surface area contributed by atoms with Gasteiger partial charge in [0.2, 0.25) is 0 Å². The molecule has 3 aromatic carbocycles. The standard InChI is InChI=1S/C30H30N2O5/c33-28-25-13-12-23(30(35)36)20-26(25)29(34)32(28)17-7-16-31-18-14-24(15-19-31)37-27(21-8-3-1-4-9-21)22-10-5-2-6-11-22/h1-6,8-13,20,24,27H,7,14-19H2,(H,35,36). The molecule has 0 aliphatic carbocycles. The minimum atomic E-state index is -1.12. The normalized spacial score (nSPS) is 16.4. The highest BCUT2D eigenvalue weighted by molar-refractivity contribution is 6.21. The molecular weight excluding hydrogens is 468 g/mol. The number of carbonyl (C=O) groups excluding carboxylic acids is 2. The Labute approximate surface area is 216 Å². The molecule has 2 aliphatic rings. The Kier molecular flexibility index (Phi) is 7.44. The first kappa shape index (κ1) is 24.9. The minimum Gasteiger partial charge on any atom is -0.478 e. The van der Waals surface area contributed by atoms with Crippen molar-refractivity contribution in [2.24, 2.45) is 0 Å². The molecule has 7 heteroatoms. The number of carbonyl (C=O) groups is 3. The number of hydrogen-bond acceptors (Lipinski definition) is 5. The van der Waals surface area contributed by atoms with E-state index in [0.717, 1.165) is 43.6 Å². The molecule has 0 spiro atoms. The molecule has 0 unspecified atom stereocenters. The Morgan fingerprint density at radius 1 is 0.838 bits per heavy atom. The average Bonchev–Trinajstić information content (AvgIpc) is 3.17. The summed E-state index contributed by atoms with van der Waals surface area (Å²) in [6.07, 6.45) is 2.55. The number of carboxylic acids is 1. The van der Waals surface area contributed by atoms with E-state index in [4.69, 9.17) is 4.74 Å². The first-order chi connectivity index (χ1) is 18.0. The summed E-state index contributed by atoms with van der Waals surface area (Å²) >= 11 is 0. The van der Waals surface area contributed by atoms with Gasteiger partial charge in [0.25, 0.3) is 11.8 Å². The third kappa shape index (κ3) is 5.48. The number of imide groups is 1.